The lowest BCUT2D eigenvalue weighted by Crippen LogP contribution is -2.53. The molecule has 2 rings (SSSR count). The number of aliphatic carboxylic acids is 1. The summed E-state index contributed by atoms with van der Waals surface area (Å²) in [7, 11) is 0. The maximum Gasteiger partial charge on any atom is 0.408 e. The fraction of sp³-hybridized carbons (Fsp3) is 0.348. The largest absolute Gasteiger partial charge is 0.480 e. The van der Waals surface area contributed by atoms with Gasteiger partial charge in [0, 0.05) is 37.1 Å². The van der Waals surface area contributed by atoms with E-state index in [1.165, 1.54) is 48.5 Å². The molecule has 0 aliphatic carbocycles. The van der Waals surface area contributed by atoms with Crippen LogP contribution in [0.25, 0.3) is 0 Å². The van der Waals surface area contributed by atoms with Gasteiger partial charge in [-0.15, -0.1) is 0 Å². The van der Waals surface area contributed by atoms with Gasteiger partial charge < -0.3 is 20.5 Å². The molecule has 192 valence electrons. The highest BCUT2D eigenvalue weighted by molar-refractivity contribution is 5.89. The number of hydrogen-bond donors (Lipinski definition) is 3. The number of carbonyl (C=O) groups is 3. The Morgan fingerprint density at radius 2 is 1.25 bits per heavy atom. The number of nitrogens with one attached hydrogen (secondary N) is 2. The van der Waals surface area contributed by atoms with Crippen LogP contribution in [0.5, 0.6) is 0 Å². The molecule has 0 saturated carbocycles. The van der Waals surface area contributed by atoms with Crippen molar-refractivity contribution in [2.75, 3.05) is 0 Å². The van der Waals surface area contributed by atoms with E-state index in [0.29, 0.717) is 11.1 Å². The van der Waals surface area contributed by atoms with Crippen LogP contribution in [0.4, 0.5) is 16.2 Å². The summed E-state index contributed by atoms with van der Waals surface area (Å²) >= 11 is 0. The standard InChI is InChI=1S/C23H26N4O9/c1-23(2,3)36-22(31)25-18(12-14-4-8-16(9-5-14)26(32)33)20(28)24-19(21(29)30)13-15-6-10-17(11-7-15)27(34)35/h4-11,18-19H,12-13H2,1-3H3,(H,24,28)(H,25,31)(H,29,30)/t18-,19-/m0/s1. The minimum Gasteiger partial charge on any atom is -0.480 e. The zero-order chi connectivity index (χ0) is 27.0. The van der Waals surface area contributed by atoms with Crippen LogP contribution in [0.1, 0.15) is 31.9 Å². The quantitative estimate of drug-likeness (QED) is 0.324. The second-order valence-corrected chi connectivity index (χ2v) is 8.85. The zero-order valence-corrected chi connectivity index (χ0v) is 19.8. The first-order chi connectivity index (χ1) is 16.7. The van der Waals surface area contributed by atoms with E-state index in [1.807, 2.05) is 0 Å². The van der Waals surface area contributed by atoms with E-state index < -0.39 is 45.5 Å². The van der Waals surface area contributed by atoms with E-state index in [2.05, 4.69) is 10.6 Å². The number of rotatable bonds is 10. The average Bonchev–Trinajstić information content (AvgIpc) is 2.77. The van der Waals surface area contributed by atoms with Gasteiger partial charge in [0.2, 0.25) is 5.91 Å². The maximum atomic E-state index is 13.0. The highest BCUT2D eigenvalue weighted by Crippen LogP contribution is 2.16. The first-order valence-electron chi connectivity index (χ1n) is 10.7. The van der Waals surface area contributed by atoms with E-state index in [4.69, 9.17) is 4.74 Å². The van der Waals surface area contributed by atoms with Gasteiger partial charge in [-0.2, -0.15) is 0 Å². The number of nitrogens with zero attached hydrogens (tertiary/aromatic N) is 2. The van der Waals surface area contributed by atoms with E-state index >= 15 is 0 Å². The van der Waals surface area contributed by atoms with Gasteiger partial charge in [0.25, 0.3) is 11.4 Å². The molecule has 2 atom stereocenters. The second-order valence-electron chi connectivity index (χ2n) is 8.85. The molecule has 36 heavy (non-hydrogen) atoms. The molecule has 0 aromatic heterocycles. The third-order valence-electron chi connectivity index (χ3n) is 4.80. The molecule has 0 aliphatic rings. The normalized spacial score (nSPS) is 12.6. The Bertz CT molecular complexity index is 1130. The molecule has 2 aromatic rings. The van der Waals surface area contributed by atoms with Crippen LogP contribution in [0.15, 0.2) is 48.5 Å². The lowest BCUT2D eigenvalue weighted by molar-refractivity contribution is -0.385. The highest BCUT2D eigenvalue weighted by atomic mass is 16.6. The van der Waals surface area contributed by atoms with Gasteiger partial charge in [-0.1, -0.05) is 24.3 Å². The Kier molecular flexibility index (Phi) is 9.02. The number of carboxylic acid groups (broad SMARTS) is 1. The summed E-state index contributed by atoms with van der Waals surface area (Å²) < 4.78 is 5.19. The highest BCUT2D eigenvalue weighted by Gasteiger charge is 2.29. The number of non-ortho nitro benzene ring substituents is 2. The van der Waals surface area contributed by atoms with Crippen molar-refractivity contribution >= 4 is 29.3 Å². The van der Waals surface area contributed by atoms with Gasteiger partial charge in [-0.25, -0.2) is 9.59 Å². The number of nitro groups is 2. The summed E-state index contributed by atoms with van der Waals surface area (Å²) in [5.41, 5.74) is -0.287. The Balaban J connectivity index is 2.21. The lowest BCUT2D eigenvalue weighted by Gasteiger charge is -2.24. The number of carbonyl (C=O) groups excluding carboxylic acids is 2. The van der Waals surface area contributed by atoms with Crippen LogP contribution >= 0.6 is 0 Å². The molecule has 2 amide bonds. The minimum absolute atomic E-state index is 0.104. The molecular weight excluding hydrogens is 476 g/mol. The summed E-state index contributed by atoms with van der Waals surface area (Å²) in [6, 6.07) is 7.86. The minimum atomic E-state index is -1.40. The summed E-state index contributed by atoms with van der Waals surface area (Å²) in [6.07, 6.45) is -1.19. The van der Waals surface area contributed by atoms with Crippen LogP contribution in [0.3, 0.4) is 0 Å². The Morgan fingerprint density at radius 1 is 0.833 bits per heavy atom. The molecule has 0 heterocycles. The molecule has 0 radical (unpaired) electrons. The monoisotopic (exact) mass is 502 g/mol. The van der Waals surface area contributed by atoms with Gasteiger partial charge in [0.15, 0.2) is 0 Å². The number of amides is 2. The van der Waals surface area contributed by atoms with Crippen LogP contribution in [0, 0.1) is 20.2 Å². The van der Waals surface area contributed by atoms with Crippen LogP contribution < -0.4 is 10.6 Å². The summed E-state index contributed by atoms with van der Waals surface area (Å²) in [6.45, 7) is 4.88. The van der Waals surface area contributed by atoms with E-state index in [-0.39, 0.29) is 24.2 Å². The van der Waals surface area contributed by atoms with Gasteiger partial charge in [-0.3, -0.25) is 25.0 Å². The predicted molar refractivity (Wildman–Crippen MR) is 126 cm³/mol. The number of alkyl carbamates (subject to hydrolysis) is 1. The molecule has 0 unspecified atom stereocenters. The Hall–Kier alpha value is -4.55. The van der Waals surface area contributed by atoms with Crippen LogP contribution in [-0.2, 0) is 27.2 Å². The van der Waals surface area contributed by atoms with E-state index in [9.17, 15) is 39.7 Å². The zero-order valence-electron chi connectivity index (χ0n) is 19.8. The number of benzene rings is 2. The first-order valence-corrected chi connectivity index (χ1v) is 10.7. The van der Waals surface area contributed by atoms with Gasteiger partial charge >= 0.3 is 12.1 Å². The summed E-state index contributed by atoms with van der Waals surface area (Å²) in [5, 5.41) is 36.1. The predicted octanol–water partition coefficient (Wildman–Crippen LogP) is 2.75. The van der Waals surface area contributed by atoms with E-state index in [0.717, 1.165) is 0 Å². The fourth-order valence-electron chi connectivity index (χ4n) is 3.11. The topological polar surface area (TPSA) is 191 Å². The second kappa shape index (κ2) is 11.7. The molecule has 3 N–H and O–H groups in total. The maximum absolute atomic E-state index is 13.0. The summed E-state index contributed by atoms with van der Waals surface area (Å²) in [4.78, 5) is 57.7. The Morgan fingerprint density at radius 3 is 1.61 bits per heavy atom. The van der Waals surface area contributed by atoms with Gasteiger partial charge in [-0.05, 0) is 31.9 Å². The number of nitro benzene ring substituents is 2. The molecule has 0 saturated heterocycles. The fourth-order valence-corrected chi connectivity index (χ4v) is 3.11. The van der Waals surface area contributed by atoms with E-state index in [1.54, 1.807) is 20.8 Å². The van der Waals surface area contributed by atoms with Crippen molar-refractivity contribution in [3.63, 3.8) is 0 Å². The molecule has 0 spiro atoms. The number of carboxylic acids is 1. The number of hydrogen-bond acceptors (Lipinski definition) is 8. The van der Waals surface area contributed by atoms with Gasteiger partial charge in [0.1, 0.15) is 17.7 Å². The lowest BCUT2D eigenvalue weighted by atomic mass is 10.0. The SMILES string of the molecule is CC(C)(C)OC(=O)N[C@@H](Cc1ccc([N+](=O)[O-])cc1)C(=O)N[C@@H](Cc1ccc([N+](=O)[O-])cc1)C(=O)O. The van der Waals surface area contributed by atoms with Crippen molar-refractivity contribution < 1.29 is 34.1 Å². The van der Waals surface area contributed by atoms with Crippen molar-refractivity contribution in [2.45, 2.75) is 51.3 Å². The molecular formula is C23H26N4O9. The molecule has 13 nitrogen and oxygen atoms in total. The Labute approximate surface area is 205 Å². The smallest absolute Gasteiger partial charge is 0.408 e. The van der Waals surface area contributed by atoms with Crippen molar-refractivity contribution in [1.29, 1.82) is 0 Å². The first kappa shape index (κ1) is 27.7. The van der Waals surface area contributed by atoms with Crippen molar-refractivity contribution in [2.24, 2.45) is 0 Å². The molecule has 0 bridgehead atoms. The molecule has 13 heteroatoms. The third-order valence-corrected chi connectivity index (χ3v) is 4.80. The number of ether oxygens (including phenoxy) is 1. The molecule has 0 fully saturated rings. The van der Waals surface area contributed by atoms with Crippen molar-refractivity contribution in [3.05, 3.63) is 79.9 Å². The molecule has 2 aromatic carbocycles. The average molecular weight is 502 g/mol. The van der Waals surface area contributed by atoms with Gasteiger partial charge in [0.05, 0.1) is 9.85 Å². The third kappa shape index (κ3) is 8.66. The van der Waals surface area contributed by atoms with Crippen molar-refractivity contribution in [3.8, 4) is 0 Å². The van der Waals surface area contributed by atoms with Crippen LogP contribution in [0.2, 0.25) is 0 Å². The van der Waals surface area contributed by atoms with Crippen molar-refractivity contribution in [1.82, 2.24) is 10.6 Å². The summed E-state index contributed by atoms with van der Waals surface area (Å²) in [5.74, 6) is -2.18. The van der Waals surface area contributed by atoms with Crippen LogP contribution in [-0.4, -0.2) is 50.6 Å². The molecule has 0 aliphatic heterocycles.